The number of nitrogens with one attached hydrogen (secondary N) is 1. The number of hydrogen-bond acceptors (Lipinski definition) is 4. The van der Waals surface area contributed by atoms with Gasteiger partial charge in [-0.05, 0) is 22.6 Å². The van der Waals surface area contributed by atoms with Gasteiger partial charge in [-0.3, -0.25) is 4.79 Å². The van der Waals surface area contributed by atoms with Crippen molar-refractivity contribution in [3.8, 4) is 0 Å². The molecule has 2 aromatic carbocycles. The molecule has 128 valence electrons. The van der Waals surface area contributed by atoms with E-state index in [0.29, 0.717) is 11.4 Å². The summed E-state index contributed by atoms with van der Waals surface area (Å²) in [5, 5.41) is 2.51. The Hall–Kier alpha value is -2.35. The summed E-state index contributed by atoms with van der Waals surface area (Å²) in [5.74, 6) is -1.07. The van der Waals surface area contributed by atoms with Gasteiger partial charge in [0.15, 0.2) is 5.70 Å². The van der Waals surface area contributed by atoms with E-state index >= 15 is 0 Å². The predicted octanol–water partition coefficient (Wildman–Crippen LogP) is 3.31. The molecule has 8 heteroatoms. The summed E-state index contributed by atoms with van der Waals surface area (Å²) >= 11 is 3.99. The van der Waals surface area contributed by atoms with Crippen LogP contribution in [0.5, 0.6) is 0 Å². The standard InChI is InChI=1S/C17H13ClFN3O2S/c1-22-16(17(23)20-12-7-8-14(19)13(18)9-12)10-15(21-25(22)24)11-5-3-2-4-6-11/h2-10H,1H3,(H,20,23). The van der Waals surface area contributed by atoms with Crippen molar-refractivity contribution in [1.82, 2.24) is 4.31 Å². The number of carbonyl (C=O) groups excluding carboxylic acids is 1. The summed E-state index contributed by atoms with van der Waals surface area (Å²) in [5.41, 5.74) is 1.70. The third-order valence-corrected chi connectivity index (χ3v) is 4.81. The summed E-state index contributed by atoms with van der Waals surface area (Å²) in [6.07, 6.45) is 1.55. The van der Waals surface area contributed by atoms with E-state index in [1.165, 1.54) is 23.5 Å². The molecule has 0 radical (unpaired) electrons. The molecular formula is C17H13ClFN3O2S. The van der Waals surface area contributed by atoms with Gasteiger partial charge in [0.05, 0.1) is 12.1 Å². The maximum Gasteiger partial charge on any atom is 0.276 e. The molecule has 0 bridgehead atoms. The van der Waals surface area contributed by atoms with E-state index in [1.54, 1.807) is 6.08 Å². The molecule has 1 heterocycles. The van der Waals surface area contributed by atoms with Gasteiger partial charge in [0.1, 0.15) is 11.5 Å². The van der Waals surface area contributed by atoms with Crippen LogP contribution in [0.1, 0.15) is 5.56 Å². The highest BCUT2D eigenvalue weighted by atomic mass is 35.5. The average molecular weight is 378 g/mol. The Labute approximate surface area is 152 Å². The second-order valence-corrected chi connectivity index (χ2v) is 6.78. The van der Waals surface area contributed by atoms with Gasteiger partial charge < -0.3 is 9.87 Å². The fraction of sp³-hybridized carbons (Fsp3) is 0.0588. The molecule has 0 saturated carbocycles. The second kappa shape index (κ2) is 7.26. The number of anilines is 1. The van der Waals surface area contributed by atoms with Crippen LogP contribution in [-0.2, 0) is 16.3 Å². The molecule has 2 aromatic rings. The molecule has 1 unspecified atom stereocenters. The van der Waals surface area contributed by atoms with Crippen molar-refractivity contribution in [1.29, 1.82) is 0 Å². The number of likely N-dealkylation sites (N-methyl/N-ethyl adjacent to an activating group) is 1. The number of rotatable bonds is 3. The molecule has 0 aliphatic carbocycles. The first-order valence-electron chi connectivity index (χ1n) is 7.23. The highest BCUT2D eigenvalue weighted by molar-refractivity contribution is 7.88. The lowest BCUT2D eigenvalue weighted by atomic mass is 10.1. The molecule has 25 heavy (non-hydrogen) atoms. The van der Waals surface area contributed by atoms with Gasteiger partial charge in [0.25, 0.3) is 5.91 Å². The van der Waals surface area contributed by atoms with Crippen LogP contribution in [0.25, 0.3) is 0 Å². The first-order valence-corrected chi connectivity index (χ1v) is 8.68. The fourth-order valence-electron chi connectivity index (χ4n) is 2.20. The minimum atomic E-state index is -1.73. The third-order valence-electron chi connectivity index (χ3n) is 3.50. The fourth-order valence-corrected chi connectivity index (χ4v) is 3.13. The van der Waals surface area contributed by atoms with Gasteiger partial charge in [-0.25, -0.2) is 4.39 Å². The molecule has 1 aliphatic heterocycles. The van der Waals surface area contributed by atoms with Crippen LogP contribution in [-0.4, -0.2) is 27.5 Å². The molecule has 1 N–H and O–H groups in total. The Morgan fingerprint density at radius 2 is 2.00 bits per heavy atom. The minimum absolute atomic E-state index is 0.0982. The van der Waals surface area contributed by atoms with Crippen molar-refractivity contribution in [2.24, 2.45) is 4.40 Å². The van der Waals surface area contributed by atoms with E-state index in [0.717, 1.165) is 11.6 Å². The summed E-state index contributed by atoms with van der Waals surface area (Å²) in [6.45, 7) is 0. The van der Waals surface area contributed by atoms with E-state index in [1.807, 2.05) is 30.3 Å². The SMILES string of the molecule is CN1C(C(=O)Nc2ccc(F)c(Cl)c2)=CC(c2ccccc2)=N[S+]1[O-]. The van der Waals surface area contributed by atoms with Gasteiger partial charge >= 0.3 is 0 Å². The Bertz CT molecular complexity index is 873. The Morgan fingerprint density at radius 1 is 1.28 bits per heavy atom. The number of amides is 1. The minimum Gasteiger partial charge on any atom is -0.566 e. The molecule has 0 saturated heterocycles. The first kappa shape index (κ1) is 17.5. The highest BCUT2D eigenvalue weighted by Gasteiger charge is 2.30. The smallest absolute Gasteiger partial charge is 0.276 e. The number of benzene rings is 2. The van der Waals surface area contributed by atoms with Gasteiger partial charge in [-0.2, -0.15) is 4.31 Å². The van der Waals surface area contributed by atoms with E-state index in [4.69, 9.17) is 11.6 Å². The largest absolute Gasteiger partial charge is 0.566 e. The van der Waals surface area contributed by atoms with Crippen molar-refractivity contribution < 1.29 is 13.7 Å². The van der Waals surface area contributed by atoms with Crippen LogP contribution in [0.3, 0.4) is 0 Å². The van der Waals surface area contributed by atoms with E-state index in [2.05, 4.69) is 9.71 Å². The molecule has 0 spiro atoms. The number of nitrogens with zero attached hydrogens (tertiary/aromatic N) is 2. The molecule has 1 amide bonds. The summed E-state index contributed by atoms with van der Waals surface area (Å²) in [7, 11) is 1.50. The Balaban J connectivity index is 1.88. The zero-order chi connectivity index (χ0) is 18.0. The van der Waals surface area contributed by atoms with Crippen molar-refractivity contribution in [2.45, 2.75) is 0 Å². The molecule has 1 atom stereocenters. The molecule has 3 rings (SSSR count). The van der Waals surface area contributed by atoms with Crippen LogP contribution < -0.4 is 5.32 Å². The van der Waals surface area contributed by atoms with Crippen LogP contribution in [0.4, 0.5) is 10.1 Å². The topological polar surface area (TPSA) is 67.8 Å². The van der Waals surface area contributed by atoms with Gasteiger partial charge in [0, 0.05) is 17.3 Å². The van der Waals surface area contributed by atoms with Crippen LogP contribution in [0, 0.1) is 5.82 Å². The van der Waals surface area contributed by atoms with E-state index < -0.39 is 23.3 Å². The number of allylic oxidation sites excluding steroid dienone is 1. The molecule has 1 aliphatic rings. The number of carbonyl (C=O) groups is 1. The predicted molar refractivity (Wildman–Crippen MR) is 97.0 cm³/mol. The summed E-state index contributed by atoms with van der Waals surface area (Å²) < 4.78 is 30.8. The van der Waals surface area contributed by atoms with Gasteiger partial charge in [-0.15, -0.1) is 0 Å². The normalized spacial score (nSPS) is 17.0. The lowest BCUT2D eigenvalue weighted by Gasteiger charge is -2.23. The van der Waals surface area contributed by atoms with E-state index in [9.17, 15) is 13.7 Å². The lowest BCUT2D eigenvalue weighted by Crippen LogP contribution is -2.35. The van der Waals surface area contributed by atoms with Gasteiger partial charge in [0.2, 0.25) is 11.5 Å². The maximum atomic E-state index is 13.2. The molecule has 0 fully saturated rings. The molecule has 0 aromatic heterocycles. The van der Waals surface area contributed by atoms with Crippen molar-refractivity contribution >= 4 is 40.5 Å². The quantitative estimate of drug-likeness (QED) is 0.834. The Kier molecular flexibility index (Phi) is 5.08. The zero-order valence-corrected chi connectivity index (χ0v) is 14.6. The van der Waals surface area contributed by atoms with Crippen molar-refractivity contribution in [2.75, 3.05) is 12.4 Å². The summed E-state index contributed by atoms with van der Waals surface area (Å²) in [4.78, 5) is 12.5. The highest BCUT2D eigenvalue weighted by Crippen LogP contribution is 2.23. The van der Waals surface area contributed by atoms with Crippen LogP contribution in [0.2, 0.25) is 5.02 Å². The van der Waals surface area contributed by atoms with Gasteiger partial charge in [-0.1, -0.05) is 41.9 Å². The lowest BCUT2D eigenvalue weighted by molar-refractivity contribution is -0.113. The first-order chi connectivity index (χ1) is 12.0. The third kappa shape index (κ3) is 3.84. The second-order valence-electron chi connectivity index (χ2n) is 5.18. The zero-order valence-electron chi connectivity index (χ0n) is 13.1. The number of hydrogen-bond donors (Lipinski definition) is 1. The molecule has 5 nitrogen and oxygen atoms in total. The average Bonchev–Trinajstić information content (AvgIpc) is 2.61. The number of halogens is 2. The van der Waals surface area contributed by atoms with Crippen LogP contribution in [0.15, 0.2) is 64.7 Å². The van der Waals surface area contributed by atoms with Crippen molar-refractivity contribution in [3.63, 3.8) is 0 Å². The van der Waals surface area contributed by atoms with Crippen LogP contribution >= 0.6 is 11.6 Å². The molecular weight excluding hydrogens is 365 g/mol. The maximum absolute atomic E-state index is 13.2. The monoisotopic (exact) mass is 377 g/mol. The van der Waals surface area contributed by atoms with E-state index in [-0.39, 0.29) is 10.7 Å². The summed E-state index contributed by atoms with van der Waals surface area (Å²) in [6, 6.07) is 13.0. The Morgan fingerprint density at radius 3 is 2.68 bits per heavy atom. The van der Waals surface area contributed by atoms with Crippen molar-refractivity contribution in [3.05, 3.63) is 76.7 Å².